The SMILES string of the molecule is CC1(c2nc(C3(C)CCCO3)no2)CCNCC1. The van der Waals surface area contributed by atoms with Gasteiger partial charge in [0.2, 0.25) is 11.7 Å². The highest BCUT2D eigenvalue weighted by molar-refractivity contribution is 5.09. The van der Waals surface area contributed by atoms with Gasteiger partial charge in [-0.05, 0) is 45.7 Å². The summed E-state index contributed by atoms with van der Waals surface area (Å²) < 4.78 is 11.3. The molecule has 3 rings (SSSR count). The first-order chi connectivity index (χ1) is 8.62. The van der Waals surface area contributed by atoms with E-state index >= 15 is 0 Å². The standard InChI is InChI=1S/C13H21N3O2/c1-12(5-7-14-8-6-12)11-15-10(16-18-11)13(2)4-3-9-17-13/h14H,3-9H2,1-2H3. The molecule has 0 aliphatic carbocycles. The smallest absolute Gasteiger partial charge is 0.232 e. The van der Waals surface area contributed by atoms with Crippen molar-refractivity contribution in [1.29, 1.82) is 0 Å². The number of rotatable bonds is 2. The highest BCUT2D eigenvalue weighted by Crippen LogP contribution is 2.37. The highest BCUT2D eigenvalue weighted by atomic mass is 16.5. The Bertz CT molecular complexity index is 418. The summed E-state index contributed by atoms with van der Waals surface area (Å²) in [5.74, 6) is 1.49. The minimum absolute atomic E-state index is 0.0193. The Balaban J connectivity index is 1.84. The molecule has 0 bridgehead atoms. The predicted molar refractivity (Wildman–Crippen MR) is 66.3 cm³/mol. The van der Waals surface area contributed by atoms with Gasteiger partial charge in [0.1, 0.15) is 5.60 Å². The molecule has 0 radical (unpaired) electrons. The van der Waals surface area contributed by atoms with Crippen LogP contribution in [0.3, 0.4) is 0 Å². The van der Waals surface area contributed by atoms with Crippen molar-refractivity contribution in [3.63, 3.8) is 0 Å². The molecule has 1 aromatic heterocycles. The minimum Gasteiger partial charge on any atom is -0.367 e. The molecule has 2 saturated heterocycles. The molecule has 2 fully saturated rings. The Morgan fingerprint density at radius 2 is 1.94 bits per heavy atom. The lowest BCUT2D eigenvalue weighted by Gasteiger charge is -2.30. The fourth-order valence-electron chi connectivity index (χ4n) is 2.83. The van der Waals surface area contributed by atoms with Gasteiger partial charge in [0.15, 0.2) is 0 Å². The van der Waals surface area contributed by atoms with Crippen LogP contribution in [0.15, 0.2) is 4.52 Å². The Kier molecular flexibility index (Phi) is 2.90. The van der Waals surface area contributed by atoms with Crippen LogP contribution in [0.2, 0.25) is 0 Å². The van der Waals surface area contributed by atoms with Gasteiger partial charge in [0.25, 0.3) is 0 Å². The zero-order chi connectivity index (χ0) is 12.6. The number of hydrogen-bond acceptors (Lipinski definition) is 5. The second-order valence-corrected chi connectivity index (χ2v) is 5.92. The average Bonchev–Trinajstić information content (AvgIpc) is 2.99. The minimum atomic E-state index is -0.342. The van der Waals surface area contributed by atoms with Crippen LogP contribution in [-0.2, 0) is 15.8 Å². The number of hydrogen-bond donors (Lipinski definition) is 1. The van der Waals surface area contributed by atoms with Gasteiger partial charge in [-0.1, -0.05) is 12.1 Å². The van der Waals surface area contributed by atoms with Crippen LogP contribution < -0.4 is 5.32 Å². The van der Waals surface area contributed by atoms with E-state index in [-0.39, 0.29) is 11.0 Å². The van der Waals surface area contributed by atoms with Gasteiger partial charge >= 0.3 is 0 Å². The maximum absolute atomic E-state index is 5.76. The van der Waals surface area contributed by atoms with Crippen LogP contribution in [0.1, 0.15) is 51.2 Å². The van der Waals surface area contributed by atoms with Crippen molar-refractivity contribution in [3.05, 3.63) is 11.7 Å². The summed E-state index contributed by atoms with van der Waals surface area (Å²) in [5, 5.41) is 7.52. The number of piperidine rings is 1. The molecule has 5 heteroatoms. The van der Waals surface area contributed by atoms with E-state index in [4.69, 9.17) is 9.26 Å². The molecule has 1 aromatic rings. The van der Waals surface area contributed by atoms with E-state index < -0.39 is 0 Å². The molecule has 1 unspecified atom stereocenters. The van der Waals surface area contributed by atoms with Crippen LogP contribution >= 0.6 is 0 Å². The first-order valence-corrected chi connectivity index (χ1v) is 6.82. The zero-order valence-corrected chi connectivity index (χ0v) is 11.2. The molecule has 0 aromatic carbocycles. The van der Waals surface area contributed by atoms with E-state index in [0.29, 0.717) is 0 Å². The average molecular weight is 251 g/mol. The van der Waals surface area contributed by atoms with E-state index in [0.717, 1.165) is 57.1 Å². The van der Waals surface area contributed by atoms with Gasteiger partial charge in [0.05, 0.1) is 0 Å². The Labute approximate surface area is 107 Å². The molecule has 1 N–H and O–H groups in total. The van der Waals surface area contributed by atoms with Crippen LogP contribution in [0.5, 0.6) is 0 Å². The lowest BCUT2D eigenvalue weighted by molar-refractivity contribution is 0.00768. The van der Waals surface area contributed by atoms with Crippen molar-refractivity contribution >= 4 is 0 Å². The number of nitrogens with zero attached hydrogens (tertiary/aromatic N) is 2. The molecule has 0 spiro atoms. The molecule has 0 amide bonds. The van der Waals surface area contributed by atoms with Crippen molar-refractivity contribution in [1.82, 2.24) is 15.5 Å². The van der Waals surface area contributed by atoms with Gasteiger partial charge in [0, 0.05) is 12.0 Å². The highest BCUT2D eigenvalue weighted by Gasteiger charge is 2.40. The molecule has 1 atom stereocenters. The van der Waals surface area contributed by atoms with Crippen molar-refractivity contribution in [2.45, 2.75) is 50.5 Å². The maximum Gasteiger partial charge on any atom is 0.232 e. The Hall–Kier alpha value is -0.940. The van der Waals surface area contributed by atoms with Crippen molar-refractivity contribution in [3.8, 4) is 0 Å². The second kappa shape index (κ2) is 4.31. The summed E-state index contributed by atoms with van der Waals surface area (Å²) in [5.41, 5.74) is -0.323. The van der Waals surface area contributed by atoms with E-state index in [9.17, 15) is 0 Å². The zero-order valence-electron chi connectivity index (χ0n) is 11.2. The lowest BCUT2D eigenvalue weighted by atomic mass is 9.81. The van der Waals surface area contributed by atoms with Gasteiger partial charge in [-0.2, -0.15) is 4.98 Å². The third-order valence-corrected chi connectivity index (χ3v) is 4.34. The summed E-state index contributed by atoms with van der Waals surface area (Å²) in [7, 11) is 0. The van der Waals surface area contributed by atoms with Gasteiger partial charge < -0.3 is 14.6 Å². The fourth-order valence-corrected chi connectivity index (χ4v) is 2.83. The molecular formula is C13H21N3O2. The number of ether oxygens (including phenoxy) is 1. The topological polar surface area (TPSA) is 60.2 Å². The third-order valence-electron chi connectivity index (χ3n) is 4.34. The quantitative estimate of drug-likeness (QED) is 0.867. The monoisotopic (exact) mass is 251 g/mol. The summed E-state index contributed by atoms with van der Waals surface area (Å²) in [6.07, 6.45) is 4.14. The largest absolute Gasteiger partial charge is 0.367 e. The fraction of sp³-hybridized carbons (Fsp3) is 0.846. The van der Waals surface area contributed by atoms with Crippen LogP contribution in [0, 0.1) is 0 Å². The van der Waals surface area contributed by atoms with Gasteiger partial charge in [-0.25, -0.2) is 0 Å². The molecule has 2 aliphatic heterocycles. The third kappa shape index (κ3) is 1.95. The van der Waals surface area contributed by atoms with Crippen molar-refractivity contribution in [2.75, 3.05) is 19.7 Å². The number of nitrogens with one attached hydrogen (secondary N) is 1. The number of aromatic nitrogens is 2. The second-order valence-electron chi connectivity index (χ2n) is 5.92. The first-order valence-electron chi connectivity index (χ1n) is 6.82. The normalized spacial score (nSPS) is 31.7. The molecular weight excluding hydrogens is 230 g/mol. The lowest BCUT2D eigenvalue weighted by Crippen LogP contribution is -2.38. The Morgan fingerprint density at radius 3 is 2.61 bits per heavy atom. The molecule has 3 heterocycles. The summed E-state index contributed by atoms with van der Waals surface area (Å²) in [4.78, 5) is 4.63. The van der Waals surface area contributed by atoms with Crippen LogP contribution in [-0.4, -0.2) is 29.8 Å². The molecule has 100 valence electrons. The molecule has 2 aliphatic rings. The van der Waals surface area contributed by atoms with Crippen molar-refractivity contribution in [2.24, 2.45) is 0 Å². The molecule has 5 nitrogen and oxygen atoms in total. The van der Waals surface area contributed by atoms with E-state index in [1.165, 1.54) is 0 Å². The Morgan fingerprint density at radius 1 is 1.17 bits per heavy atom. The van der Waals surface area contributed by atoms with E-state index in [2.05, 4.69) is 29.3 Å². The van der Waals surface area contributed by atoms with E-state index in [1.54, 1.807) is 0 Å². The van der Waals surface area contributed by atoms with Gasteiger partial charge in [-0.15, -0.1) is 0 Å². The maximum atomic E-state index is 5.76. The molecule has 0 saturated carbocycles. The summed E-state index contributed by atoms with van der Waals surface area (Å²) >= 11 is 0. The first kappa shape index (κ1) is 12.1. The van der Waals surface area contributed by atoms with Gasteiger partial charge in [-0.3, -0.25) is 0 Å². The predicted octanol–water partition coefficient (Wildman–Crippen LogP) is 1.74. The van der Waals surface area contributed by atoms with Crippen LogP contribution in [0.25, 0.3) is 0 Å². The van der Waals surface area contributed by atoms with E-state index in [1.807, 2.05) is 0 Å². The summed E-state index contributed by atoms with van der Waals surface area (Å²) in [6, 6.07) is 0. The summed E-state index contributed by atoms with van der Waals surface area (Å²) in [6.45, 7) is 7.09. The van der Waals surface area contributed by atoms with Crippen LogP contribution in [0.4, 0.5) is 0 Å². The van der Waals surface area contributed by atoms with Crippen molar-refractivity contribution < 1.29 is 9.26 Å². The molecule has 18 heavy (non-hydrogen) atoms.